The summed E-state index contributed by atoms with van der Waals surface area (Å²) >= 11 is 10.6. The molecule has 3 aromatic rings. The maximum Gasteiger partial charge on any atom is 0.322 e. The van der Waals surface area contributed by atoms with E-state index in [-0.39, 0.29) is 11.9 Å². The van der Waals surface area contributed by atoms with Crippen molar-refractivity contribution in [2.75, 3.05) is 5.32 Å². The van der Waals surface area contributed by atoms with Gasteiger partial charge >= 0.3 is 6.01 Å². The highest BCUT2D eigenvalue weighted by molar-refractivity contribution is 9.11. The average Bonchev–Trinajstić information content (AvgIpc) is 3.08. The first-order valence-electron chi connectivity index (χ1n) is 5.78. The van der Waals surface area contributed by atoms with Crippen molar-refractivity contribution >= 4 is 50.8 Å². The van der Waals surface area contributed by atoms with E-state index in [0.29, 0.717) is 16.5 Å². The van der Waals surface area contributed by atoms with Gasteiger partial charge in [-0.25, -0.2) is 0 Å². The molecule has 0 atom stereocenters. The van der Waals surface area contributed by atoms with Crippen molar-refractivity contribution in [3.05, 3.63) is 50.8 Å². The van der Waals surface area contributed by atoms with Gasteiger partial charge in [0.1, 0.15) is 0 Å². The summed E-state index contributed by atoms with van der Waals surface area (Å²) in [5.74, 6) is 0.0198. The fourth-order valence-corrected chi connectivity index (χ4v) is 3.01. The third-order valence-corrected chi connectivity index (χ3v) is 4.40. The summed E-state index contributed by atoms with van der Waals surface area (Å²) in [7, 11) is 0. The maximum absolute atomic E-state index is 12.0. The summed E-state index contributed by atoms with van der Waals surface area (Å²) in [6.07, 6.45) is 0. The predicted molar refractivity (Wildman–Crippen MR) is 84.7 cm³/mol. The van der Waals surface area contributed by atoms with Gasteiger partial charge in [0, 0.05) is 10.6 Å². The molecular weight excluding hydrogens is 378 g/mol. The van der Waals surface area contributed by atoms with Gasteiger partial charge in [-0.05, 0) is 52.3 Å². The zero-order valence-corrected chi connectivity index (χ0v) is 13.5. The molecule has 2 aromatic heterocycles. The van der Waals surface area contributed by atoms with Gasteiger partial charge in [-0.2, -0.15) is 0 Å². The monoisotopic (exact) mass is 383 g/mol. The van der Waals surface area contributed by atoms with Crippen molar-refractivity contribution in [2.45, 2.75) is 0 Å². The van der Waals surface area contributed by atoms with Crippen LogP contribution >= 0.6 is 38.9 Å². The normalized spacial score (nSPS) is 10.6. The zero-order chi connectivity index (χ0) is 14.8. The second kappa shape index (κ2) is 5.97. The molecule has 106 valence electrons. The summed E-state index contributed by atoms with van der Waals surface area (Å²) in [4.78, 5) is 12.8. The number of carbonyl (C=O) groups excluding carboxylic acids is 1. The van der Waals surface area contributed by atoms with Gasteiger partial charge < -0.3 is 4.42 Å². The van der Waals surface area contributed by atoms with Gasteiger partial charge in [0.15, 0.2) is 0 Å². The lowest BCUT2D eigenvalue weighted by atomic mass is 10.2. The average molecular weight is 385 g/mol. The quantitative estimate of drug-likeness (QED) is 0.723. The van der Waals surface area contributed by atoms with Crippen LogP contribution in [0.15, 0.2) is 44.6 Å². The summed E-state index contributed by atoms with van der Waals surface area (Å²) < 4.78 is 6.37. The Morgan fingerprint density at radius 3 is 2.62 bits per heavy atom. The summed E-state index contributed by atoms with van der Waals surface area (Å²) in [6, 6.07) is 10.3. The second-order valence-electron chi connectivity index (χ2n) is 3.98. The highest BCUT2D eigenvalue weighted by Crippen LogP contribution is 2.31. The molecule has 21 heavy (non-hydrogen) atoms. The second-order valence-corrected chi connectivity index (χ2v) is 6.88. The van der Waals surface area contributed by atoms with Crippen LogP contribution in [-0.4, -0.2) is 16.1 Å². The molecule has 0 radical (unpaired) electrons. The van der Waals surface area contributed by atoms with Crippen LogP contribution in [-0.2, 0) is 0 Å². The molecule has 0 bridgehead atoms. The van der Waals surface area contributed by atoms with Crippen LogP contribution in [0, 0.1) is 0 Å². The number of nitrogens with one attached hydrogen (secondary N) is 1. The predicted octanol–water partition coefficient (Wildman–Crippen LogP) is 4.47. The number of anilines is 1. The number of rotatable bonds is 3. The largest absolute Gasteiger partial charge is 0.402 e. The number of aromatic nitrogens is 2. The molecule has 1 aromatic carbocycles. The Balaban J connectivity index is 1.75. The molecule has 2 heterocycles. The number of halogens is 2. The van der Waals surface area contributed by atoms with Gasteiger partial charge in [0.05, 0.1) is 8.66 Å². The summed E-state index contributed by atoms with van der Waals surface area (Å²) in [6.45, 7) is 0. The van der Waals surface area contributed by atoms with Crippen molar-refractivity contribution in [3.8, 4) is 10.8 Å². The van der Waals surface area contributed by atoms with Gasteiger partial charge in [-0.15, -0.1) is 16.4 Å². The topological polar surface area (TPSA) is 68.0 Å². The van der Waals surface area contributed by atoms with Gasteiger partial charge in [-0.3, -0.25) is 10.1 Å². The zero-order valence-electron chi connectivity index (χ0n) is 10.3. The highest BCUT2D eigenvalue weighted by atomic mass is 79.9. The van der Waals surface area contributed by atoms with E-state index in [1.165, 1.54) is 11.3 Å². The van der Waals surface area contributed by atoms with Gasteiger partial charge in [-0.1, -0.05) is 16.7 Å². The molecule has 1 amide bonds. The number of hydrogen-bond donors (Lipinski definition) is 1. The molecule has 0 spiro atoms. The molecule has 3 rings (SSSR count). The molecule has 0 saturated heterocycles. The maximum atomic E-state index is 12.0. The van der Waals surface area contributed by atoms with Crippen LogP contribution in [0.1, 0.15) is 10.4 Å². The number of nitrogens with zero attached hydrogens (tertiary/aromatic N) is 2. The van der Waals surface area contributed by atoms with Crippen LogP contribution in [0.5, 0.6) is 0 Å². The van der Waals surface area contributed by atoms with Gasteiger partial charge in [0.2, 0.25) is 0 Å². The fraction of sp³-hybridized carbons (Fsp3) is 0. The standard InChI is InChI=1S/C13H7BrClN3O2S/c14-10-6-5-9(21-10)12-17-18-13(20-12)16-11(19)7-1-3-8(15)4-2-7/h1-6H,(H,16,18,19). The smallest absolute Gasteiger partial charge is 0.322 e. The van der Waals surface area contributed by atoms with E-state index in [9.17, 15) is 4.79 Å². The lowest BCUT2D eigenvalue weighted by Gasteiger charge is -2.00. The van der Waals surface area contributed by atoms with E-state index in [4.69, 9.17) is 16.0 Å². The Hall–Kier alpha value is -1.70. The van der Waals surface area contributed by atoms with Crippen LogP contribution in [0.3, 0.4) is 0 Å². The van der Waals surface area contributed by atoms with Crippen LogP contribution in [0.4, 0.5) is 6.01 Å². The van der Waals surface area contributed by atoms with Crippen molar-refractivity contribution in [2.24, 2.45) is 0 Å². The van der Waals surface area contributed by atoms with Gasteiger partial charge in [0.25, 0.3) is 11.8 Å². The van der Waals surface area contributed by atoms with E-state index in [1.807, 2.05) is 12.1 Å². The Bertz CT molecular complexity index is 785. The van der Waals surface area contributed by atoms with E-state index in [1.54, 1.807) is 24.3 Å². The van der Waals surface area contributed by atoms with Crippen molar-refractivity contribution in [1.82, 2.24) is 10.2 Å². The Morgan fingerprint density at radius 1 is 1.19 bits per heavy atom. The summed E-state index contributed by atoms with van der Waals surface area (Å²) in [5.41, 5.74) is 0.456. The molecule has 0 aliphatic carbocycles. The molecule has 0 unspecified atom stereocenters. The third-order valence-electron chi connectivity index (χ3n) is 2.54. The number of thiophene rings is 1. The summed E-state index contributed by atoms with van der Waals surface area (Å²) in [5, 5.41) is 10.8. The minimum absolute atomic E-state index is 0.0504. The molecule has 0 aliphatic heterocycles. The molecule has 8 heteroatoms. The molecular formula is C13H7BrClN3O2S. The molecule has 0 saturated carbocycles. The molecule has 0 aliphatic rings. The van der Waals surface area contributed by atoms with Crippen molar-refractivity contribution in [3.63, 3.8) is 0 Å². The number of hydrogen-bond acceptors (Lipinski definition) is 5. The minimum Gasteiger partial charge on any atom is -0.402 e. The first kappa shape index (κ1) is 14.2. The first-order chi connectivity index (χ1) is 10.1. The Morgan fingerprint density at radius 2 is 1.95 bits per heavy atom. The van der Waals surface area contributed by atoms with E-state index in [2.05, 4.69) is 31.4 Å². The highest BCUT2D eigenvalue weighted by Gasteiger charge is 2.13. The van der Waals surface area contributed by atoms with E-state index >= 15 is 0 Å². The Labute approximate surface area is 137 Å². The lowest BCUT2D eigenvalue weighted by molar-refractivity contribution is 0.102. The third kappa shape index (κ3) is 3.31. The van der Waals surface area contributed by atoms with Crippen molar-refractivity contribution < 1.29 is 9.21 Å². The number of amides is 1. The van der Waals surface area contributed by atoms with Crippen molar-refractivity contribution in [1.29, 1.82) is 0 Å². The molecule has 5 nitrogen and oxygen atoms in total. The molecule has 0 fully saturated rings. The fourth-order valence-electron chi connectivity index (χ4n) is 1.57. The van der Waals surface area contributed by atoms with E-state index < -0.39 is 0 Å². The SMILES string of the molecule is O=C(Nc1nnc(-c2ccc(Br)s2)o1)c1ccc(Cl)cc1. The Kier molecular flexibility index (Phi) is 4.05. The van der Waals surface area contributed by atoms with Crippen LogP contribution < -0.4 is 5.32 Å². The number of carbonyl (C=O) groups is 1. The molecule has 1 N–H and O–H groups in total. The minimum atomic E-state index is -0.339. The first-order valence-corrected chi connectivity index (χ1v) is 7.77. The van der Waals surface area contributed by atoms with E-state index in [0.717, 1.165) is 8.66 Å². The number of benzene rings is 1. The van der Waals surface area contributed by atoms with Crippen LogP contribution in [0.2, 0.25) is 5.02 Å². The van der Waals surface area contributed by atoms with Crippen LogP contribution in [0.25, 0.3) is 10.8 Å². The lowest BCUT2D eigenvalue weighted by Crippen LogP contribution is -2.11.